The van der Waals surface area contributed by atoms with Crippen molar-refractivity contribution in [2.75, 3.05) is 13.7 Å². The molecule has 0 saturated heterocycles. The number of carbonyl (C=O) groups is 2. The maximum absolute atomic E-state index is 12.2. The fraction of sp³-hybridized carbons (Fsp3) is 0.167. The molecule has 1 atom stereocenters. The molecule has 0 fully saturated rings. The van der Waals surface area contributed by atoms with E-state index in [0.29, 0.717) is 5.75 Å². The Morgan fingerprint density at radius 1 is 1.16 bits per heavy atom. The molecule has 0 saturated carbocycles. The van der Waals surface area contributed by atoms with E-state index >= 15 is 0 Å². The van der Waals surface area contributed by atoms with E-state index in [0.717, 1.165) is 11.1 Å². The van der Waals surface area contributed by atoms with Crippen LogP contribution in [0, 0.1) is 0 Å². The third kappa shape index (κ3) is 5.74. The normalized spacial score (nSPS) is 11.9. The molecule has 0 radical (unpaired) electrons. The zero-order chi connectivity index (χ0) is 18.1. The van der Waals surface area contributed by atoms with Crippen molar-refractivity contribution in [3.05, 3.63) is 65.7 Å². The number of hydrogen-bond donors (Lipinski definition) is 2. The molecule has 130 valence electrons. The molecule has 0 bridgehead atoms. The van der Waals surface area contributed by atoms with Crippen molar-refractivity contribution in [2.45, 2.75) is 6.10 Å². The number of primary amides is 1. The van der Waals surface area contributed by atoms with Crippen molar-refractivity contribution in [2.24, 2.45) is 10.8 Å². The lowest BCUT2D eigenvalue weighted by Crippen LogP contribution is -2.26. The number of carbonyl (C=O) groups excluding carboxylic acids is 2. The van der Waals surface area contributed by atoms with Crippen LogP contribution < -0.4 is 15.9 Å². The van der Waals surface area contributed by atoms with Crippen LogP contribution in [0.15, 0.2) is 59.7 Å². The second-order valence-electron chi connectivity index (χ2n) is 5.08. The molecule has 2 aromatic carbocycles. The number of methoxy groups -OCH3 is 1. The molecule has 7 nitrogen and oxygen atoms in total. The van der Waals surface area contributed by atoms with Crippen LogP contribution in [0.2, 0.25) is 0 Å². The number of nitrogens with one attached hydrogen (secondary N) is 1. The minimum Gasteiger partial charge on any atom is -0.484 e. The zero-order valence-electron chi connectivity index (χ0n) is 13.7. The summed E-state index contributed by atoms with van der Waals surface area (Å²) in [7, 11) is 1.46. The lowest BCUT2D eigenvalue weighted by Gasteiger charge is -2.13. The van der Waals surface area contributed by atoms with Gasteiger partial charge in [0.25, 0.3) is 11.8 Å². The van der Waals surface area contributed by atoms with Gasteiger partial charge in [0.1, 0.15) is 5.75 Å². The summed E-state index contributed by atoms with van der Waals surface area (Å²) in [6.07, 6.45) is 0.760. The van der Waals surface area contributed by atoms with Crippen LogP contribution in [0.3, 0.4) is 0 Å². The van der Waals surface area contributed by atoms with E-state index in [4.69, 9.17) is 15.2 Å². The first kappa shape index (κ1) is 18.2. The van der Waals surface area contributed by atoms with Crippen LogP contribution in [0.5, 0.6) is 5.75 Å². The lowest BCUT2D eigenvalue weighted by molar-refractivity contribution is -0.131. The first-order valence-electron chi connectivity index (χ1n) is 7.52. The van der Waals surface area contributed by atoms with Gasteiger partial charge in [-0.15, -0.1) is 0 Å². The highest BCUT2D eigenvalue weighted by atomic mass is 16.5. The third-order valence-electron chi connectivity index (χ3n) is 3.23. The summed E-state index contributed by atoms with van der Waals surface area (Å²) in [5.74, 6) is -0.394. The Bertz CT molecular complexity index is 730. The quantitative estimate of drug-likeness (QED) is 0.559. The lowest BCUT2D eigenvalue weighted by atomic mass is 10.1. The van der Waals surface area contributed by atoms with Crippen molar-refractivity contribution in [3.63, 3.8) is 0 Å². The standard InChI is InChI=1S/C18H19N3O4/c1-24-17(14-5-3-2-4-6-14)18(23)21-20-11-13-7-9-15(10-8-13)25-12-16(19)22/h2-11,17H,12H2,1H3,(H2,19,22)(H,21,23)/b20-11-/t17-/m1/s1. The number of rotatable bonds is 8. The van der Waals surface area contributed by atoms with E-state index in [1.807, 2.05) is 30.3 Å². The van der Waals surface area contributed by atoms with Crippen molar-refractivity contribution in [1.29, 1.82) is 0 Å². The predicted molar refractivity (Wildman–Crippen MR) is 93.1 cm³/mol. The molecule has 0 unspecified atom stereocenters. The topological polar surface area (TPSA) is 103 Å². The number of amides is 2. The maximum Gasteiger partial charge on any atom is 0.273 e. The van der Waals surface area contributed by atoms with Crippen LogP contribution >= 0.6 is 0 Å². The zero-order valence-corrected chi connectivity index (χ0v) is 13.7. The van der Waals surface area contributed by atoms with Crippen LogP contribution in [0.1, 0.15) is 17.2 Å². The smallest absolute Gasteiger partial charge is 0.273 e. The predicted octanol–water partition coefficient (Wildman–Crippen LogP) is 1.39. The number of ether oxygens (including phenoxy) is 2. The molecule has 25 heavy (non-hydrogen) atoms. The molecular weight excluding hydrogens is 322 g/mol. The van der Waals surface area contributed by atoms with Gasteiger partial charge >= 0.3 is 0 Å². The average molecular weight is 341 g/mol. The second kappa shape index (κ2) is 9.19. The number of nitrogens with two attached hydrogens (primary N) is 1. The number of hydrogen-bond acceptors (Lipinski definition) is 5. The highest BCUT2D eigenvalue weighted by Gasteiger charge is 2.18. The molecular formula is C18H19N3O4. The van der Waals surface area contributed by atoms with Crippen LogP contribution in [-0.4, -0.2) is 31.7 Å². The Kier molecular flexibility index (Phi) is 6.67. The Balaban J connectivity index is 1.91. The first-order chi connectivity index (χ1) is 12.1. The van der Waals surface area contributed by atoms with E-state index in [9.17, 15) is 9.59 Å². The summed E-state index contributed by atoms with van der Waals surface area (Å²) < 4.78 is 10.4. The summed E-state index contributed by atoms with van der Waals surface area (Å²) in [4.78, 5) is 22.8. The van der Waals surface area contributed by atoms with Gasteiger partial charge in [-0.2, -0.15) is 5.10 Å². The van der Waals surface area contributed by atoms with E-state index in [1.165, 1.54) is 13.3 Å². The fourth-order valence-corrected chi connectivity index (χ4v) is 2.06. The number of benzene rings is 2. The molecule has 7 heteroatoms. The second-order valence-corrected chi connectivity index (χ2v) is 5.08. The van der Waals surface area contributed by atoms with Crippen molar-refractivity contribution >= 4 is 18.0 Å². The van der Waals surface area contributed by atoms with E-state index in [1.54, 1.807) is 24.3 Å². The highest BCUT2D eigenvalue weighted by Crippen LogP contribution is 2.16. The molecule has 0 spiro atoms. The molecule has 2 amide bonds. The van der Waals surface area contributed by atoms with Gasteiger partial charge in [-0.25, -0.2) is 5.43 Å². The minimum atomic E-state index is -0.733. The summed E-state index contributed by atoms with van der Waals surface area (Å²) in [5.41, 5.74) is 8.95. The van der Waals surface area contributed by atoms with Gasteiger partial charge in [0.05, 0.1) is 6.21 Å². The number of hydrazone groups is 1. The summed E-state index contributed by atoms with van der Waals surface area (Å²) >= 11 is 0. The van der Waals surface area contributed by atoms with Crippen molar-refractivity contribution in [1.82, 2.24) is 5.43 Å². The highest BCUT2D eigenvalue weighted by molar-refractivity contribution is 5.85. The van der Waals surface area contributed by atoms with Crippen LogP contribution in [0.25, 0.3) is 0 Å². The van der Waals surface area contributed by atoms with Gasteiger partial charge in [0.2, 0.25) is 0 Å². The largest absolute Gasteiger partial charge is 0.484 e. The Morgan fingerprint density at radius 2 is 1.84 bits per heavy atom. The molecule has 0 heterocycles. The molecule has 0 aromatic heterocycles. The van der Waals surface area contributed by atoms with Crippen LogP contribution in [-0.2, 0) is 14.3 Å². The molecule has 0 aliphatic rings. The van der Waals surface area contributed by atoms with Gasteiger partial charge in [0.15, 0.2) is 12.7 Å². The maximum atomic E-state index is 12.2. The SMILES string of the molecule is CO[C@@H](C(=O)N/N=C\c1ccc(OCC(N)=O)cc1)c1ccccc1. The molecule has 0 aliphatic carbocycles. The Morgan fingerprint density at radius 3 is 2.44 bits per heavy atom. The fourth-order valence-electron chi connectivity index (χ4n) is 2.06. The van der Waals surface area contributed by atoms with Gasteiger partial charge in [-0.3, -0.25) is 9.59 Å². The summed E-state index contributed by atoms with van der Waals surface area (Å²) in [6, 6.07) is 16.0. The molecule has 2 aromatic rings. The van der Waals surface area contributed by atoms with E-state index in [-0.39, 0.29) is 12.5 Å². The third-order valence-corrected chi connectivity index (χ3v) is 3.23. The van der Waals surface area contributed by atoms with Gasteiger partial charge in [-0.1, -0.05) is 30.3 Å². The Labute approximate surface area is 145 Å². The minimum absolute atomic E-state index is 0.179. The van der Waals surface area contributed by atoms with E-state index in [2.05, 4.69) is 10.5 Å². The van der Waals surface area contributed by atoms with Gasteiger partial charge in [0, 0.05) is 7.11 Å². The van der Waals surface area contributed by atoms with Crippen molar-refractivity contribution < 1.29 is 19.1 Å². The first-order valence-corrected chi connectivity index (χ1v) is 7.52. The monoisotopic (exact) mass is 341 g/mol. The number of nitrogens with zero attached hydrogens (tertiary/aromatic N) is 1. The summed E-state index contributed by atoms with van der Waals surface area (Å²) in [6.45, 7) is -0.179. The summed E-state index contributed by atoms with van der Waals surface area (Å²) in [5, 5.41) is 3.92. The molecule has 0 aliphatic heterocycles. The molecule has 2 rings (SSSR count). The van der Waals surface area contributed by atoms with Gasteiger partial charge < -0.3 is 15.2 Å². The van der Waals surface area contributed by atoms with E-state index < -0.39 is 12.0 Å². The van der Waals surface area contributed by atoms with Crippen molar-refractivity contribution in [3.8, 4) is 5.75 Å². The molecule has 3 N–H and O–H groups in total. The average Bonchev–Trinajstić information content (AvgIpc) is 2.62. The Hall–Kier alpha value is -3.19. The van der Waals surface area contributed by atoms with Gasteiger partial charge in [-0.05, 0) is 35.4 Å². The van der Waals surface area contributed by atoms with Crippen LogP contribution in [0.4, 0.5) is 0 Å².